The number of phenolic OH excluding ortho intramolecular Hbond substituents is 1. The lowest BCUT2D eigenvalue weighted by Gasteiger charge is -2.55. The number of urea groups is 1. The van der Waals surface area contributed by atoms with Gasteiger partial charge in [-0.2, -0.15) is 5.01 Å². The zero-order valence-corrected chi connectivity index (χ0v) is 28.7. The number of aromatic nitrogens is 3. The van der Waals surface area contributed by atoms with Gasteiger partial charge in [-0.15, -0.1) is 0 Å². The van der Waals surface area contributed by atoms with E-state index in [1.165, 1.54) is 0 Å². The molecule has 0 radical (unpaired) electrons. The van der Waals surface area contributed by atoms with Gasteiger partial charge >= 0.3 is 6.03 Å². The number of phenols is 1. The molecule has 2 aliphatic rings. The third-order valence-electron chi connectivity index (χ3n) is 9.61. The Balaban J connectivity index is 1.16. The number of hydrazine groups is 1. The number of hydrogen-bond donors (Lipinski definition) is 2. The number of aromatic hydroxyl groups is 1. The topological polar surface area (TPSA) is 148 Å². The summed E-state index contributed by atoms with van der Waals surface area (Å²) in [5, 5.41) is 21.3. The molecule has 3 aromatic carbocycles. The lowest BCUT2D eigenvalue weighted by atomic mass is 9.98. The molecular formula is C40H36N8O5. The van der Waals surface area contributed by atoms with E-state index in [0.29, 0.717) is 17.1 Å². The molecule has 2 N–H and O–H groups in total. The second-order valence-electron chi connectivity index (χ2n) is 13.1. The first-order valence-corrected chi connectivity index (χ1v) is 17.3. The molecule has 13 nitrogen and oxygen atoms in total. The molecular weight excluding hydrogens is 672 g/mol. The van der Waals surface area contributed by atoms with E-state index < -0.39 is 18.2 Å². The fourth-order valence-corrected chi connectivity index (χ4v) is 7.10. The number of carbonyl (C=O) groups is 3. The number of hydrogen-bond acceptors (Lipinski definition) is 9. The first kappa shape index (κ1) is 33.5. The molecule has 0 bridgehead atoms. The largest absolute Gasteiger partial charge is 0.508 e. The third kappa shape index (κ3) is 7.02. The van der Waals surface area contributed by atoms with Crippen molar-refractivity contribution in [2.24, 2.45) is 0 Å². The average molecular weight is 709 g/mol. The van der Waals surface area contributed by atoms with E-state index in [0.717, 1.165) is 27.6 Å². The van der Waals surface area contributed by atoms with E-state index in [1.54, 1.807) is 62.5 Å². The molecule has 0 aliphatic carbocycles. The lowest BCUT2D eigenvalue weighted by Crippen LogP contribution is -2.76. The normalized spacial score (nSPS) is 17.6. The van der Waals surface area contributed by atoms with Crippen LogP contribution in [-0.4, -0.2) is 83.2 Å². The van der Waals surface area contributed by atoms with Crippen LogP contribution in [0.2, 0.25) is 0 Å². The summed E-state index contributed by atoms with van der Waals surface area (Å²) in [5.41, 5.74) is 4.51. The van der Waals surface area contributed by atoms with Gasteiger partial charge in [0, 0.05) is 43.4 Å². The van der Waals surface area contributed by atoms with Gasteiger partial charge in [-0.3, -0.25) is 19.6 Å². The molecule has 6 aromatic rings. The highest BCUT2D eigenvalue weighted by Crippen LogP contribution is 2.32. The zero-order valence-electron chi connectivity index (χ0n) is 28.7. The maximum absolute atomic E-state index is 14.5. The summed E-state index contributed by atoms with van der Waals surface area (Å²) in [4.78, 5) is 55.4. The van der Waals surface area contributed by atoms with E-state index in [1.807, 2.05) is 78.9 Å². The highest BCUT2D eigenvalue weighted by molar-refractivity contribution is 5.92. The molecule has 2 aliphatic heterocycles. The number of benzene rings is 3. The van der Waals surface area contributed by atoms with E-state index in [9.17, 15) is 19.5 Å². The monoisotopic (exact) mass is 708 g/mol. The van der Waals surface area contributed by atoms with Crippen molar-refractivity contribution >= 4 is 28.7 Å². The first-order valence-electron chi connectivity index (χ1n) is 17.3. The summed E-state index contributed by atoms with van der Waals surface area (Å²) in [6.07, 6.45) is 2.72. The maximum Gasteiger partial charge on any atom is 0.334 e. The number of nitrogens with one attached hydrogen (secondary N) is 1. The van der Waals surface area contributed by atoms with E-state index in [4.69, 9.17) is 4.52 Å². The van der Waals surface area contributed by atoms with Crippen LogP contribution in [0, 0.1) is 0 Å². The maximum atomic E-state index is 14.5. The van der Waals surface area contributed by atoms with Crippen molar-refractivity contribution in [2.75, 3.05) is 13.1 Å². The lowest BCUT2D eigenvalue weighted by molar-refractivity contribution is -0.193. The fourth-order valence-electron chi connectivity index (χ4n) is 7.10. The Bertz CT molecular complexity index is 2240. The van der Waals surface area contributed by atoms with E-state index in [-0.39, 0.29) is 56.7 Å². The molecule has 2 fully saturated rings. The second kappa shape index (κ2) is 14.6. The molecule has 0 spiro atoms. The summed E-state index contributed by atoms with van der Waals surface area (Å²) in [7, 11) is 0. The minimum absolute atomic E-state index is 0.0537. The van der Waals surface area contributed by atoms with Gasteiger partial charge in [0.25, 0.3) is 0 Å². The number of carbonyl (C=O) groups excluding carboxylic acids is 3. The number of pyridine rings is 2. The zero-order chi connectivity index (χ0) is 36.3. The van der Waals surface area contributed by atoms with Crippen LogP contribution in [0.5, 0.6) is 5.75 Å². The van der Waals surface area contributed by atoms with Gasteiger partial charge in [-0.05, 0) is 53.1 Å². The van der Waals surface area contributed by atoms with Crippen molar-refractivity contribution in [1.29, 1.82) is 0 Å². The van der Waals surface area contributed by atoms with Crippen molar-refractivity contribution in [3.8, 4) is 17.1 Å². The van der Waals surface area contributed by atoms with Gasteiger partial charge in [-0.1, -0.05) is 71.9 Å². The summed E-state index contributed by atoms with van der Waals surface area (Å²) in [6, 6.07) is 31.6. The Morgan fingerprint density at radius 1 is 0.830 bits per heavy atom. The van der Waals surface area contributed by atoms with Gasteiger partial charge in [-0.25, -0.2) is 9.80 Å². The molecule has 3 aromatic heterocycles. The molecule has 8 rings (SSSR count). The molecule has 2 atom stereocenters. The van der Waals surface area contributed by atoms with Crippen LogP contribution < -0.4 is 5.32 Å². The molecule has 2 saturated heterocycles. The van der Waals surface area contributed by atoms with Crippen molar-refractivity contribution in [1.82, 2.24) is 40.3 Å². The number of rotatable bonds is 9. The molecule has 13 heteroatoms. The Hall–Kier alpha value is -6.60. The van der Waals surface area contributed by atoms with Gasteiger partial charge in [0.15, 0.2) is 5.76 Å². The average Bonchev–Trinajstić information content (AvgIpc) is 3.66. The van der Waals surface area contributed by atoms with Gasteiger partial charge in [0.05, 0.1) is 30.8 Å². The van der Waals surface area contributed by atoms with Crippen LogP contribution in [0.3, 0.4) is 0 Å². The highest BCUT2D eigenvalue weighted by Gasteiger charge is 2.51. The second-order valence-corrected chi connectivity index (χ2v) is 13.1. The molecule has 5 heterocycles. The number of amides is 4. The minimum Gasteiger partial charge on any atom is -0.508 e. The number of piperazine rings is 1. The van der Waals surface area contributed by atoms with Gasteiger partial charge < -0.3 is 24.7 Å². The van der Waals surface area contributed by atoms with Crippen molar-refractivity contribution in [3.05, 3.63) is 144 Å². The molecule has 266 valence electrons. The van der Waals surface area contributed by atoms with Gasteiger partial charge in [0.2, 0.25) is 11.8 Å². The standard InChI is InChI=1S/C40H36N8O5/c49-30-16-14-27(15-17-30)20-36-39(51)45(23-29-10-6-13-33-32(29)11-7-19-41-33)25-37-47(36)38(50)26-46(48(37)40(52)43-22-28-8-2-1-3-9-28)24-31-21-35(44-53-31)34-12-4-5-18-42-34/h1-19,21,36-37,49H,20,22-26H2,(H,43,52)/t36-,37?/m0/s1. The van der Waals surface area contributed by atoms with Crippen LogP contribution in [0.1, 0.15) is 22.5 Å². The van der Waals surface area contributed by atoms with Crippen molar-refractivity contribution in [2.45, 2.75) is 38.3 Å². The Labute approximate surface area is 305 Å². The van der Waals surface area contributed by atoms with Crippen LogP contribution >= 0.6 is 0 Å². The minimum atomic E-state index is -0.925. The SMILES string of the molecule is O=C1[C@H](Cc2ccc(O)cc2)N2C(=O)CN(Cc3cc(-c4ccccn4)no3)N(C(=O)NCc3ccccc3)C2CN1Cc1cccc2ncccc12. The third-order valence-corrected chi connectivity index (χ3v) is 9.61. The highest BCUT2D eigenvalue weighted by atomic mass is 16.5. The van der Waals surface area contributed by atoms with Crippen LogP contribution in [0.15, 0.2) is 126 Å². The Kier molecular flexibility index (Phi) is 9.21. The van der Waals surface area contributed by atoms with Crippen LogP contribution in [-0.2, 0) is 35.6 Å². The quantitative estimate of drug-likeness (QED) is 0.217. The summed E-state index contributed by atoms with van der Waals surface area (Å²) in [6.45, 7) is 0.405. The fraction of sp³-hybridized carbons (Fsp3) is 0.200. The van der Waals surface area contributed by atoms with Crippen molar-refractivity contribution < 1.29 is 24.0 Å². The summed E-state index contributed by atoms with van der Waals surface area (Å²) >= 11 is 0. The van der Waals surface area contributed by atoms with Crippen LogP contribution in [0.25, 0.3) is 22.3 Å². The van der Waals surface area contributed by atoms with E-state index in [2.05, 4.69) is 20.4 Å². The predicted octanol–water partition coefficient (Wildman–Crippen LogP) is 4.74. The molecule has 1 unspecified atom stereocenters. The Morgan fingerprint density at radius 3 is 2.45 bits per heavy atom. The summed E-state index contributed by atoms with van der Waals surface area (Å²) in [5.74, 6) is -0.0209. The van der Waals surface area contributed by atoms with Crippen LogP contribution in [0.4, 0.5) is 4.79 Å². The van der Waals surface area contributed by atoms with Crippen molar-refractivity contribution in [3.63, 3.8) is 0 Å². The number of fused-ring (bicyclic) bond motifs is 2. The molecule has 53 heavy (non-hydrogen) atoms. The molecule has 4 amide bonds. The first-order chi connectivity index (χ1) is 25.9. The Morgan fingerprint density at radius 2 is 1.64 bits per heavy atom. The summed E-state index contributed by atoms with van der Waals surface area (Å²) < 4.78 is 5.71. The smallest absolute Gasteiger partial charge is 0.334 e. The van der Waals surface area contributed by atoms with E-state index >= 15 is 0 Å². The number of nitrogens with zero attached hydrogens (tertiary/aromatic N) is 7. The van der Waals surface area contributed by atoms with Gasteiger partial charge in [0.1, 0.15) is 23.7 Å². The predicted molar refractivity (Wildman–Crippen MR) is 194 cm³/mol. The molecule has 0 saturated carbocycles.